The highest BCUT2D eigenvalue weighted by atomic mass is 16.5. The number of hydrogen-bond acceptors (Lipinski definition) is 3. The second kappa shape index (κ2) is 6.79. The van der Waals surface area contributed by atoms with Gasteiger partial charge >= 0.3 is 0 Å². The molecule has 1 rings (SSSR count). The fourth-order valence-electron chi connectivity index (χ4n) is 1.56. The van der Waals surface area contributed by atoms with Crippen LogP contribution in [0, 0.1) is 0 Å². The van der Waals surface area contributed by atoms with E-state index in [2.05, 4.69) is 0 Å². The van der Waals surface area contributed by atoms with Gasteiger partial charge < -0.3 is 10.5 Å². The zero-order chi connectivity index (χ0) is 13.5. The molecule has 4 heteroatoms. The molecule has 18 heavy (non-hydrogen) atoms. The second-order valence-corrected chi connectivity index (χ2v) is 4.43. The van der Waals surface area contributed by atoms with Crippen molar-refractivity contribution in [3.05, 3.63) is 29.8 Å². The molecule has 0 spiro atoms. The molecule has 1 amide bonds. The summed E-state index contributed by atoms with van der Waals surface area (Å²) in [6.07, 6.45) is 1.20. The number of rotatable bonds is 7. The monoisotopic (exact) mass is 249 g/mol. The topological polar surface area (TPSA) is 69.4 Å². The SMILES string of the molecule is CC(C)Oc1ccc(C(=O)CCCC(N)=O)cc1. The molecule has 0 aromatic heterocycles. The Hall–Kier alpha value is -1.84. The highest BCUT2D eigenvalue weighted by molar-refractivity contribution is 5.96. The summed E-state index contributed by atoms with van der Waals surface area (Å²) in [6, 6.07) is 7.04. The Balaban J connectivity index is 2.51. The minimum atomic E-state index is -0.372. The van der Waals surface area contributed by atoms with Gasteiger partial charge in [-0.1, -0.05) is 0 Å². The van der Waals surface area contributed by atoms with Crippen molar-refractivity contribution in [2.45, 2.75) is 39.2 Å². The van der Waals surface area contributed by atoms with Crippen LogP contribution >= 0.6 is 0 Å². The van der Waals surface area contributed by atoms with E-state index >= 15 is 0 Å². The van der Waals surface area contributed by atoms with E-state index in [0.29, 0.717) is 18.4 Å². The fraction of sp³-hybridized carbons (Fsp3) is 0.429. The molecule has 0 atom stereocenters. The first-order valence-corrected chi connectivity index (χ1v) is 6.07. The van der Waals surface area contributed by atoms with E-state index in [4.69, 9.17) is 10.5 Å². The standard InChI is InChI=1S/C14H19NO3/c1-10(2)18-12-8-6-11(7-9-12)13(16)4-3-5-14(15)17/h6-10H,3-5H2,1-2H3,(H2,15,17). The van der Waals surface area contributed by atoms with Crippen LogP contribution in [0.25, 0.3) is 0 Å². The first-order valence-electron chi connectivity index (χ1n) is 6.07. The van der Waals surface area contributed by atoms with Gasteiger partial charge in [-0.2, -0.15) is 0 Å². The lowest BCUT2D eigenvalue weighted by Gasteiger charge is -2.09. The summed E-state index contributed by atoms with van der Waals surface area (Å²) in [4.78, 5) is 22.3. The molecule has 0 aliphatic heterocycles. The van der Waals surface area contributed by atoms with Crippen LogP contribution in [-0.2, 0) is 4.79 Å². The van der Waals surface area contributed by atoms with E-state index in [-0.39, 0.29) is 24.2 Å². The smallest absolute Gasteiger partial charge is 0.217 e. The van der Waals surface area contributed by atoms with Crippen LogP contribution in [0.15, 0.2) is 24.3 Å². The third kappa shape index (κ3) is 4.99. The van der Waals surface area contributed by atoms with E-state index in [1.807, 2.05) is 13.8 Å². The predicted octanol–water partition coefficient (Wildman–Crippen LogP) is 2.31. The van der Waals surface area contributed by atoms with Crippen LogP contribution in [-0.4, -0.2) is 17.8 Å². The molecule has 1 aromatic carbocycles. The first-order chi connectivity index (χ1) is 8.49. The summed E-state index contributed by atoms with van der Waals surface area (Å²) >= 11 is 0. The van der Waals surface area contributed by atoms with E-state index in [9.17, 15) is 9.59 Å². The van der Waals surface area contributed by atoms with Crippen molar-refractivity contribution in [3.8, 4) is 5.75 Å². The van der Waals surface area contributed by atoms with Gasteiger partial charge in [-0.3, -0.25) is 9.59 Å². The minimum absolute atomic E-state index is 0.0207. The zero-order valence-electron chi connectivity index (χ0n) is 10.8. The molecule has 2 N–H and O–H groups in total. The van der Waals surface area contributed by atoms with Crippen molar-refractivity contribution in [1.29, 1.82) is 0 Å². The molecular formula is C14H19NO3. The minimum Gasteiger partial charge on any atom is -0.491 e. The first kappa shape index (κ1) is 14.2. The Labute approximate surface area is 107 Å². The van der Waals surface area contributed by atoms with Crippen molar-refractivity contribution in [2.24, 2.45) is 5.73 Å². The number of carbonyl (C=O) groups is 2. The number of benzene rings is 1. The average molecular weight is 249 g/mol. The molecule has 0 unspecified atom stereocenters. The summed E-state index contributed by atoms with van der Waals surface area (Å²) in [5.41, 5.74) is 5.65. The van der Waals surface area contributed by atoms with Gasteiger partial charge in [0.1, 0.15) is 5.75 Å². The predicted molar refractivity (Wildman–Crippen MR) is 69.6 cm³/mol. The normalized spacial score (nSPS) is 10.4. The lowest BCUT2D eigenvalue weighted by atomic mass is 10.1. The number of ketones is 1. The molecule has 1 aromatic rings. The lowest BCUT2D eigenvalue weighted by molar-refractivity contribution is -0.118. The van der Waals surface area contributed by atoms with Crippen LogP contribution in [0.2, 0.25) is 0 Å². The summed E-state index contributed by atoms with van der Waals surface area (Å²) in [5.74, 6) is 0.398. The van der Waals surface area contributed by atoms with Crippen molar-refractivity contribution in [3.63, 3.8) is 0 Å². The summed E-state index contributed by atoms with van der Waals surface area (Å²) in [6.45, 7) is 3.89. The number of ether oxygens (including phenoxy) is 1. The maximum absolute atomic E-state index is 11.8. The maximum Gasteiger partial charge on any atom is 0.217 e. The molecule has 0 heterocycles. The summed E-state index contributed by atoms with van der Waals surface area (Å²) in [7, 11) is 0. The van der Waals surface area contributed by atoms with E-state index in [1.54, 1.807) is 24.3 Å². The third-order valence-corrected chi connectivity index (χ3v) is 2.38. The van der Waals surface area contributed by atoms with Crippen molar-refractivity contribution in [2.75, 3.05) is 0 Å². The summed E-state index contributed by atoms with van der Waals surface area (Å²) in [5, 5.41) is 0. The van der Waals surface area contributed by atoms with E-state index < -0.39 is 0 Å². The van der Waals surface area contributed by atoms with Gasteiger partial charge in [0.05, 0.1) is 6.10 Å². The fourth-order valence-corrected chi connectivity index (χ4v) is 1.56. The van der Waals surface area contributed by atoms with Crippen molar-refractivity contribution >= 4 is 11.7 Å². The van der Waals surface area contributed by atoms with Gasteiger partial charge in [0.2, 0.25) is 5.91 Å². The Morgan fingerprint density at radius 1 is 1.17 bits per heavy atom. The Bertz CT molecular complexity index is 410. The van der Waals surface area contributed by atoms with Gasteiger partial charge in [0, 0.05) is 18.4 Å². The molecule has 4 nitrogen and oxygen atoms in total. The molecule has 0 saturated carbocycles. The van der Waals surface area contributed by atoms with Gasteiger partial charge in [0.15, 0.2) is 5.78 Å². The van der Waals surface area contributed by atoms with Crippen molar-refractivity contribution in [1.82, 2.24) is 0 Å². The van der Waals surface area contributed by atoms with Crippen molar-refractivity contribution < 1.29 is 14.3 Å². The van der Waals surface area contributed by atoms with E-state index in [1.165, 1.54) is 0 Å². The zero-order valence-corrected chi connectivity index (χ0v) is 10.8. The number of primary amides is 1. The molecule has 0 bridgehead atoms. The van der Waals surface area contributed by atoms with Crippen LogP contribution in [0.1, 0.15) is 43.5 Å². The Morgan fingerprint density at radius 3 is 2.28 bits per heavy atom. The molecule has 0 aliphatic rings. The van der Waals surface area contributed by atoms with Crippen LogP contribution in [0.3, 0.4) is 0 Å². The number of nitrogens with two attached hydrogens (primary N) is 1. The average Bonchev–Trinajstić information content (AvgIpc) is 2.28. The third-order valence-electron chi connectivity index (χ3n) is 2.38. The lowest BCUT2D eigenvalue weighted by Crippen LogP contribution is -2.11. The maximum atomic E-state index is 11.8. The highest BCUT2D eigenvalue weighted by Crippen LogP contribution is 2.15. The van der Waals surface area contributed by atoms with Gasteiger partial charge in [-0.15, -0.1) is 0 Å². The van der Waals surface area contributed by atoms with Crippen LogP contribution < -0.4 is 10.5 Å². The molecule has 0 aliphatic carbocycles. The Kier molecular flexibility index (Phi) is 5.36. The molecule has 0 saturated heterocycles. The van der Waals surface area contributed by atoms with Gasteiger partial charge in [-0.25, -0.2) is 0 Å². The van der Waals surface area contributed by atoms with Gasteiger partial charge in [-0.05, 0) is 44.5 Å². The quantitative estimate of drug-likeness (QED) is 0.754. The van der Waals surface area contributed by atoms with E-state index in [0.717, 1.165) is 5.75 Å². The highest BCUT2D eigenvalue weighted by Gasteiger charge is 2.07. The molecule has 0 fully saturated rings. The van der Waals surface area contributed by atoms with Crippen LogP contribution in [0.4, 0.5) is 0 Å². The second-order valence-electron chi connectivity index (χ2n) is 4.43. The van der Waals surface area contributed by atoms with Crippen LogP contribution in [0.5, 0.6) is 5.75 Å². The number of Topliss-reactive ketones (excluding diaryl/α,β-unsaturated/α-hetero) is 1. The molecule has 0 radical (unpaired) electrons. The number of amides is 1. The Morgan fingerprint density at radius 2 is 1.78 bits per heavy atom. The largest absolute Gasteiger partial charge is 0.491 e. The van der Waals surface area contributed by atoms with Gasteiger partial charge in [0.25, 0.3) is 0 Å². The summed E-state index contributed by atoms with van der Waals surface area (Å²) < 4.78 is 5.49. The molecule has 98 valence electrons. The number of hydrogen-bond donors (Lipinski definition) is 1. The number of carbonyl (C=O) groups excluding carboxylic acids is 2. The molecular weight excluding hydrogens is 230 g/mol.